The number of nitro groups is 2. The molecule has 3 N–H and O–H groups in total. The highest BCUT2D eigenvalue weighted by atomic mass is 16.6. The first-order valence-electron chi connectivity index (χ1n) is 5.25. The van der Waals surface area contributed by atoms with E-state index >= 15 is 0 Å². The molecule has 2 rings (SSSR count). The van der Waals surface area contributed by atoms with Gasteiger partial charge in [0.25, 0.3) is 5.69 Å². The van der Waals surface area contributed by atoms with Crippen LogP contribution in [0.3, 0.4) is 0 Å². The Hall–Kier alpha value is -3.57. The van der Waals surface area contributed by atoms with Crippen LogP contribution >= 0.6 is 0 Å². The van der Waals surface area contributed by atoms with Gasteiger partial charge in [-0.2, -0.15) is 5.10 Å². The van der Waals surface area contributed by atoms with Gasteiger partial charge in [0.15, 0.2) is 11.7 Å². The number of rotatable bonds is 4. The van der Waals surface area contributed by atoms with Crippen molar-refractivity contribution in [1.29, 1.82) is 0 Å². The largest absolute Gasteiger partial charge is 0.409 e. The van der Waals surface area contributed by atoms with Crippen LogP contribution < -0.4 is 5.73 Å². The van der Waals surface area contributed by atoms with E-state index in [-0.39, 0.29) is 22.8 Å². The zero-order valence-corrected chi connectivity index (χ0v) is 10.2. The molecule has 21 heavy (non-hydrogen) atoms. The minimum Gasteiger partial charge on any atom is -0.409 e. The lowest BCUT2D eigenvalue weighted by Gasteiger charge is -2.06. The van der Waals surface area contributed by atoms with Gasteiger partial charge in [-0.25, -0.2) is 9.67 Å². The molecule has 0 aliphatic heterocycles. The van der Waals surface area contributed by atoms with Crippen molar-refractivity contribution in [3.63, 3.8) is 0 Å². The second kappa shape index (κ2) is 5.20. The fourth-order valence-corrected chi connectivity index (χ4v) is 1.49. The van der Waals surface area contributed by atoms with Gasteiger partial charge in [0.05, 0.1) is 15.4 Å². The molecular weight excluding hydrogens is 286 g/mol. The van der Waals surface area contributed by atoms with Crippen LogP contribution in [0.2, 0.25) is 0 Å². The lowest BCUT2D eigenvalue weighted by atomic mass is 10.2. The molecule has 0 unspecified atom stereocenters. The molecule has 0 amide bonds. The van der Waals surface area contributed by atoms with E-state index in [0.29, 0.717) is 0 Å². The summed E-state index contributed by atoms with van der Waals surface area (Å²) in [5.41, 5.74) is 4.65. The fraction of sp³-hybridized carbons (Fsp3) is 0. The van der Waals surface area contributed by atoms with Crippen molar-refractivity contribution in [2.75, 3.05) is 0 Å². The highest BCUT2D eigenvalue weighted by Crippen LogP contribution is 2.19. The Morgan fingerprint density at radius 2 is 1.95 bits per heavy atom. The number of nitrogens with zero attached hydrogens (tertiary/aromatic N) is 6. The number of hydrogen-bond acceptors (Lipinski definition) is 8. The van der Waals surface area contributed by atoms with Crippen molar-refractivity contribution >= 4 is 17.2 Å². The van der Waals surface area contributed by atoms with E-state index in [4.69, 9.17) is 10.9 Å². The second-order valence-corrected chi connectivity index (χ2v) is 3.71. The van der Waals surface area contributed by atoms with Crippen molar-refractivity contribution in [3.05, 3.63) is 50.4 Å². The van der Waals surface area contributed by atoms with Gasteiger partial charge in [-0.3, -0.25) is 20.2 Å². The average Bonchev–Trinajstić information content (AvgIpc) is 2.95. The van der Waals surface area contributed by atoms with E-state index in [9.17, 15) is 20.2 Å². The van der Waals surface area contributed by atoms with Crippen molar-refractivity contribution in [3.8, 4) is 5.82 Å². The van der Waals surface area contributed by atoms with Crippen LogP contribution in [0.5, 0.6) is 0 Å². The number of hydrogen-bond donors (Lipinski definition) is 2. The summed E-state index contributed by atoms with van der Waals surface area (Å²) in [4.78, 5) is 23.7. The second-order valence-electron chi connectivity index (χ2n) is 3.71. The Kier molecular flexibility index (Phi) is 3.43. The molecular formula is C9H7N7O5. The highest BCUT2D eigenvalue weighted by Gasteiger charge is 2.19. The molecule has 12 nitrogen and oxygen atoms in total. The number of nitrogens with two attached hydrogens (primary N) is 1. The molecule has 0 fully saturated rings. The molecule has 0 saturated heterocycles. The standard InChI is InChI=1S/C9H7N7O5/c10-8(13-17)7-1-5(15(18)19)2-11-9(7)14-4-6(3-12-14)16(20)21/h1-4,17H,(H2,10,13). The third-order valence-corrected chi connectivity index (χ3v) is 2.44. The normalized spacial score (nSPS) is 11.3. The Labute approximate surface area is 115 Å². The third kappa shape index (κ3) is 2.58. The molecule has 0 bridgehead atoms. The Bertz CT molecular complexity index is 753. The van der Waals surface area contributed by atoms with Crippen molar-refractivity contribution in [2.24, 2.45) is 10.9 Å². The highest BCUT2D eigenvalue weighted by molar-refractivity contribution is 6.00. The van der Waals surface area contributed by atoms with Crippen LogP contribution in [-0.2, 0) is 0 Å². The predicted octanol–water partition coefficient (Wildman–Crippen LogP) is 0.178. The summed E-state index contributed by atoms with van der Waals surface area (Å²) in [5.74, 6) is -0.497. The van der Waals surface area contributed by atoms with Crippen LogP contribution in [0, 0.1) is 20.2 Å². The van der Waals surface area contributed by atoms with Gasteiger partial charge < -0.3 is 10.9 Å². The van der Waals surface area contributed by atoms with Crippen LogP contribution in [0.25, 0.3) is 5.82 Å². The van der Waals surface area contributed by atoms with Crippen LogP contribution in [0.1, 0.15) is 5.56 Å². The summed E-state index contributed by atoms with van der Waals surface area (Å²) >= 11 is 0. The Morgan fingerprint density at radius 3 is 2.48 bits per heavy atom. The molecule has 2 aromatic heterocycles. The molecule has 2 aromatic rings. The van der Waals surface area contributed by atoms with Crippen LogP contribution in [-0.4, -0.2) is 35.7 Å². The SMILES string of the molecule is N/C(=N/O)c1cc([N+](=O)[O-])cnc1-n1cc([N+](=O)[O-])cn1. The van der Waals surface area contributed by atoms with E-state index in [0.717, 1.165) is 29.3 Å². The molecule has 12 heteroatoms. The molecule has 108 valence electrons. The molecule has 0 aromatic carbocycles. The summed E-state index contributed by atoms with van der Waals surface area (Å²) in [6.07, 6.45) is 2.94. The number of oxime groups is 1. The van der Waals surface area contributed by atoms with E-state index < -0.39 is 15.7 Å². The number of pyridine rings is 1. The maximum atomic E-state index is 10.7. The van der Waals surface area contributed by atoms with Crippen molar-refractivity contribution in [1.82, 2.24) is 14.8 Å². The topological polar surface area (TPSA) is 176 Å². The fourth-order valence-electron chi connectivity index (χ4n) is 1.49. The zero-order valence-electron chi connectivity index (χ0n) is 10.2. The molecule has 0 aliphatic rings. The zero-order chi connectivity index (χ0) is 15.6. The number of amidine groups is 1. The summed E-state index contributed by atoms with van der Waals surface area (Å²) in [5, 5.41) is 36.5. The molecule has 0 spiro atoms. The van der Waals surface area contributed by atoms with Gasteiger partial charge in [0, 0.05) is 6.07 Å². The maximum absolute atomic E-state index is 10.7. The summed E-state index contributed by atoms with van der Waals surface area (Å²) in [6.45, 7) is 0. The van der Waals surface area contributed by atoms with Gasteiger partial charge in [-0.15, -0.1) is 0 Å². The summed E-state index contributed by atoms with van der Waals surface area (Å²) in [7, 11) is 0. The first-order chi connectivity index (χ1) is 9.93. The molecule has 2 heterocycles. The van der Waals surface area contributed by atoms with Crippen molar-refractivity contribution in [2.45, 2.75) is 0 Å². The molecule has 0 atom stereocenters. The average molecular weight is 293 g/mol. The minimum atomic E-state index is -0.712. The van der Waals surface area contributed by atoms with Gasteiger partial charge in [0.2, 0.25) is 0 Å². The van der Waals surface area contributed by atoms with Crippen LogP contribution in [0.15, 0.2) is 29.8 Å². The van der Waals surface area contributed by atoms with Crippen LogP contribution in [0.4, 0.5) is 11.4 Å². The van der Waals surface area contributed by atoms with E-state index in [1.807, 2.05) is 0 Å². The number of aromatic nitrogens is 3. The lowest BCUT2D eigenvalue weighted by molar-refractivity contribution is -0.385. The van der Waals surface area contributed by atoms with Gasteiger partial charge in [0.1, 0.15) is 18.6 Å². The quantitative estimate of drug-likeness (QED) is 0.263. The van der Waals surface area contributed by atoms with E-state index in [1.54, 1.807) is 0 Å². The van der Waals surface area contributed by atoms with Crippen molar-refractivity contribution < 1.29 is 15.1 Å². The lowest BCUT2D eigenvalue weighted by Crippen LogP contribution is -2.18. The first-order valence-corrected chi connectivity index (χ1v) is 5.25. The minimum absolute atomic E-state index is 0.0519. The molecule has 0 saturated carbocycles. The third-order valence-electron chi connectivity index (χ3n) is 2.44. The van der Waals surface area contributed by atoms with Gasteiger partial charge in [-0.05, 0) is 0 Å². The van der Waals surface area contributed by atoms with Gasteiger partial charge >= 0.3 is 5.69 Å². The summed E-state index contributed by atoms with van der Waals surface area (Å²) in [6, 6.07) is 1.02. The molecule has 0 radical (unpaired) electrons. The van der Waals surface area contributed by atoms with E-state index in [1.165, 1.54) is 0 Å². The van der Waals surface area contributed by atoms with E-state index in [2.05, 4.69) is 15.2 Å². The smallest absolute Gasteiger partial charge is 0.307 e. The Balaban J connectivity index is 2.61. The first kappa shape index (κ1) is 13.9. The summed E-state index contributed by atoms with van der Waals surface area (Å²) < 4.78 is 0.995. The van der Waals surface area contributed by atoms with Gasteiger partial charge in [-0.1, -0.05) is 5.16 Å². The predicted molar refractivity (Wildman–Crippen MR) is 67.2 cm³/mol. The maximum Gasteiger partial charge on any atom is 0.307 e. The monoisotopic (exact) mass is 293 g/mol. The molecule has 0 aliphatic carbocycles. The Morgan fingerprint density at radius 1 is 1.29 bits per heavy atom.